The molecule has 0 aliphatic carbocycles. The van der Waals surface area contributed by atoms with Crippen LogP contribution in [0, 0.1) is 5.92 Å². The van der Waals surface area contributed by atoms with Gasteiger partial charge < -0.3 is 4.90 Å². The van der Waals surface area contributed by atoms with Gasteiger partial charge in [0.05, 0.1) is 5.01 Å². The first kappa shape index (κ1) is 16.8. The molecule has 0 N–H and O–H groups in total. The normalized spacial score (nSPS) is 17.7. The van der Waals surface area contributed by atoms with Crippen molar-refractivity contribution in [1.29, 1.82) is 0 Å². The van der Waals surface area contributed by atoms with Crippen molar-refractivity contribution < 1.29 is 9.59 Å². The van der Waals surface area contributed by atoms with Gasteiger partial charge in [0.2, 0.25) is 0 Å². The second-order valence-corrected chi connectivity index (χ2v) is 6.99. The van der Waals surface area contributed by atoms with E-state index in [1.54, 1.807) is 23.2 Å². The van der Waals surface area contributed by atoms with Gasteiger partial charge in [-0.25, -0.2) is 4.98 Å². The van der Waals surface area contributed by atoms with Crippen LogP contribution in [0.3, 0.4) is 0 Å². The molecule has 2 aromatic rings. The molecule has 3 rings (SSSR count). The highest BCUT2D eigenvalue weighted by atomic mass is 32.1. The van der Waals surface area contributed by atoms with Crippen LogP contribution >= 0.6 is 11.3 Å². The summed E-state index contributed by atoms with van der Waals surface area (Å²) in [6.07, 6.45) is 5.19. The minimum absolute atomic E-state index is 0.0260. The third-order valence-electron chi connectivity index (χ3n) is 4.23. The summed E-state index contributed by atoms with van der Waals surface area (Å²) >= 11 is 1.53. The molecule has 1 saturated heterocycles. The number of amides is 1. The highest BCUT2D eigenvalue weighted by molar-refractivity contribution is 7.09. The number of ketones is 1. The Kier molecular flexibility index (Phi) is 5.35. The summed E-state index contributed by atoms with van der Waals surface area (Å²) in [5.74, 6) is -0.212. The van der Waals surface area contributed by atoms with E-state index in [1.807, 2.05) is 11.4 Å². The number of aryl methyl sites for hydroxylation is 1. The number of Topliss-reactive ketones (excluding diaryl/α,β-unsaturated/α-hetero) is 1. The van der Waals surface area contributed by atoms with Crippen LogP contribution in [0.5, 0.6) is 0 Å². The van der Waals surface area contributed by atoms with Crippen molar-refractivity contribution >= 4 is 23.0 Å². The quantitative estimate of drug-likeness (QED) is 0.782. The topological polar surface area (TPSA) is 63.2 Å². The molecule has 2 aromatic heterocycles. The number of piperidine rings is 1. The molecular weight excluding hydrogens is 322 g/mol. The molecule has 0 spiro atoms. The van der Waals surface area contributed by atoms with Crippen LogP contribution in [-0.2, 0) is 6.42 Å². The Morgan fingerprint density at radius 1 is 1.33 bits per heavy atom. The number of rotatable bonds is 5. The number of carbonyl (C=O) groups excluding carboxylic acids is 2. The Hall–Kier alpha value is -2.08. The first-order valence-electron chi connectivity index (χ1n) is 8.38. The van der Waals surface area contributed by atoms with E-state index in [0.717, 1.165) is 30.7 Å². The molecule has 0 unspecified atom stereocenters. The summed E-state index contributed by atoms with van der Waals surface area (Å²) in [5.41, 5.74) is 0.991. The molecule has 126 valence electrons. The largest absolute Gasteiger partial charge is 0.337 e. The molecule has 1 aliphatic rings. The SMILES string of the molecule is CCCc1nc(C(=O)N2CCC[C@@H](C(=O)c3ccccn3)C2)cs1. The van der Waals surface area contributed by atoms with E-state index < -0.39 is 0 Å². The van der Waals surface area contributed by atoms with Gasteiger partial charge in [-0.2, -0.15) is 0 Å². The molecule has 6 heteroatoms. The molecule has 0 bridgehead atoms. The van der Waals surface area contributed by atoms with Crippen molar-refractivity contribution in [3.05, 3.63) is 46.2 Å². The van der Waals surface area contributed by atoms with E-state index in [2.05, 4.69) is 16.9 Å². The standard InChI is InChI=1S/C18H21N3O2S/c1-2-6-16-20-15(12-24-16)18(23)21-10-5-7-13(11-21)17(22)14-8-3-4-9-19-14/h3-4,8-9,12-13H,2,5-7,10-11H2,1H3/t13-/m1/s1. The van der Waals surface area contributed by atoms with Crippen molar-refractivity contribution in [3.8, 4) is 0 Å². The second-order valence-electron chi connectivity index (χ2n) is 6.05. The Labute approximate surface area is 145 Å². The number of hydrogen-bond acceptors (Lipinski definition) is 5. The molecule has 24 heavy (non-hydrogen) atoms. The minimum Gasteiger partial charge on any atom is -0.337 e. The van der Waals surface area contributed by atoms with E-state index >= 15 is 0 Å². The molecule has 1 atom stereocenters. The van der Waals surface area contributed by atoms with Crippen LogP contribution in [0.15, 0.2) is 29.8 Å². The summed E-state index contributed by atoms with van der Waals surface area (Å²) in [7, 11) is 0. The summed E-state index contributed by atoms with van der Waals surface area (Å²) in [6, 6.07) is 5.35. The number of pyridine rings is 1. The van der Waals surface area contributed by atoms with Crippen molar-refractivity contribution in [2.45, 2.75) is 32.6 Å². The zero-order valence-corrected chi connectivity index (χ0v) is 14.6. The molecule has 0 saturated carbocycles. The first-order chi connectivity index (χ1) is 11.7. The highest BCUT2D eigenvalue weighted by Crippen LogP contribution is 2.22. The predicted molar refractivity (Wildman–Crippen MR) is 93.3 cm³/mol. The third kappa shape index (κ3) is 3.70. The molecule has 5 nitrogen and oxygen atoms in total. The van der Waals surface area contributed by atoms with Gasteiger partial charge >= 0.3 is 0 Å². The van der Waals surface area contributed by atoms with Gasteiger partial charge in [-0.05, 0) is 37.8 Å². The predicted octanol–water partition coefficient (Wildman–Crippen LogP) is 3.23. The first-order valence-corrected chi connectivity index (χ1v) is 9.26. The number of aromatic nitrogens is 2. The summed E-state index contributed by atoms with van der Waals surface area (Å²) in [6.45, 7) is 3.24. The van der Waals surface area contributed by atoms with Crippen LogP contribution in [-0.4, -0.2) is 39.6 Å². The molecule has 3 heterocycles. The smallest absolute Gasteiger partial charge is 0.273 e. The lowest BCUT2D eigenvalue weighted by Gasteiger charge is -2.31. The molecule has 1 aliphatic heterocycles. The number of nitrogens with zero attached hydrogens (tertiary/aromatic N) is 3. The van der Waals surface area contributed by atoms with Gasteiger partial charge in [0, 0.05) is 30.6 Å². The highest BCUT2D eigenvalue weighted by Gasteiger charge is 2.30. The van der Waals surface area contributed by atoms with E-state index in [4.69, 9.17) is 0 Å². The number of hydrogen-bond donors (Lipinski definition) is 0. The third-order valence-corrected chi connectivity index (χ3v) is 5.14. The maximum absolute atomic E-state index is 12.7. The van der Waals surface area contributed by atoms with Crippen LogP contribution in [0.4, 0.5) is 0 Å². The number of thiazole rings is 1. The van der Waals surface area contributed by atoms with E-state index in [1.165, 1.54) is 11.3 Å². The minimum atomic E-state index is -0.175. The van der Waals surface area contributed by atoms with Gasteiger partial charge in [-0.3, -0.25) is 14.6 Å². The Morgan fingerprint density at radius 3 is 2.96 bits per heavy atom. The Balaban J connectivity index is 1.68. The molecular formula is C18H21N3O2S. The van der Waals surface area contributed by atoms with Gasteiger partial charge in [-0.1, -0.05) is 13.0 Å². The average Bonchev–Trinajstić information content (AvgIpc) is 3.10. The molecule has 1 fully saturated rings. The maximum atomic E-state index is 12.7. The monoisotopic (exact) mass is 343 g/mol. The van der Waals surface area contributed by atoms with E-state index in [0.29, 0.717) is 24.5 Å². The zero-order chi connectivity index (χ0) is 16.9. The van der Waals surface area contributed by atoms with Crippen LogP contribution in [0.2, 0.25) is 0 Å². The fourth-order valence-electron chi connectivity index (χ4n) is 2.99. The summed E-state index contributed by atoms with van der Waals surface area (Å²) in [5, 5.41) is 2.83. The summed E-state index contributed by atoms with van der Waals surface area (Å²) < 4.78 is 0. The lowest BCUT2D eigenvalue weighted by Crippen LogP contribution is -2.42. The lowest BCUT2D eigenvalue weighted by molar-refractivity contribution is 0.0631. The van der Waals surface area contributed by atoms with Crippen molar-refractivity contribution in [2.24, 2.45) is 5.92 Å². The van der Waals surface area contributed by atoms with E-state index in [-0.39, 0.29) is 17.6 Å². The maximum Gasteiger partial charge on any atom is 0.273 e. The Bertz CT molecular complexity index is 714. The van der Waals surface area contributed by atoms with Gasteiger partial charge in [0.1, 0.15) is 11.4 Å². The lowest BCUT2D eigenvalue weighted by atomic mass is 9.92. The van der Waals surface area contributed by atoms with Crippen molar-refractivity contribution in [1.82, 2.24) is 14.9 Å². The van der Waals surface area contributed by atoms with Gasteiger partial charge in [0.25, 0.3) is 5.91 Å². The fraction of sp³-hybridized carbons (Fsp3) is 0.444. The van der Waals surface area contributed by atoms with Crippen LogP contribution in [0.25, 0.3) is 0 Å². The van der Waals surface area contributed by atoms with Crippen LogP contribution < -0.4 is 0 Å². The molecule has 0 radical (unpaired) electrons. The van der Waals surface area contributed by atoms with Gasteiger partial charge in [0.15, 0.2) is 5.78 Å². The van der Waals surface area contributed by atoms with Crippen LogP contribution in [0.1, 0.15) is 52.2 Å². The van der Waals surface area contributed by atoms with E-state index in [9.17, 15) is 9.59 Å². The van der Waals surface area contributed by atoms with Gasteiger partial charge in [-0.15, -0.1) is 11.3 Å². The molecule has 0 aromatic carbocycles. The Morgan fingerprint density at radius 2 is 2.21 bits per heavy atom. The van der Waals surface area contributed by atoms with Crippen molar-refractivity contribution in [3.63, 3.8) is 0 Å². The average molecular weight is 343 g/mol. The number of likely N-dealkylation sites (tertiary alicyclic amines) is 1. The number of carbonyl (C=O) groups is 2. The van der Waals surface area contributed by atoms with Crippen molar-refractivity contribution in [2.75, 3.05) is 13.1 Å². The molecule has 1 amide bonds. The fourth-order valence-corrected chi connectivity index (χ4v) is 3.87. The second kappa shape index (κ2) is 7.66. The zero-order valence-electron chi connectivity index (χ0n) is 13.8. The summed E-state index contributed by atoms with van der Waals surface area (Å²) in [4.78, 5) is 35.6.